The van der Waals surface area contributed by atoms with Gasteiger partial charge in [-0.2, -0.15) is 0 Å². The Bertz CT molecular complexity index is 905. The fourth-order valence-corrected chi connectivity index (χ4v) is 5.12. The predicted molar refractivity (Wildman–Crippen MR) is 121 cm³/mol. The van der Waals surface area contributed by atoms with E-state index in [4.69, 9.17) is 0 Å². The molecule has 166 valence electrons. The van der Waals surface area contributed by atoms with E-state index in [0.29, 0.717) is 31.1 Å². The van der Waals surface area contributed by atoms with Crippen LogP contribution in [0.2, 0.25) is 0 Å². The predicted octanol–water partition coefficient (Wildman–Crippen LogP) is 3.60. The van der Waals surface area contributed by atoms with E-state index >= 15 is 0 Å². The summed E-state index contributed by atoms with van der Waals surface area (Å²) in [6.45, 7) is 2.06. The van der Waals surface area contributed by atoms with Crippen LogP contribution in [-0.2, 0) is 17.8 Å². The topological polar surface area (TPSA) is 80.1 Å². The number of likely N-dealkylation sites (tertiary alicyclic amines) is 1. The minimum absolute atomic E-state index is 0.0640. The van der Waals surface area contributed by atoms with Crippen LogP contribution in [0, 0.1) is 0 Å². The maximum Gasteiger partial charge on any atom is 0.251 e. The molecule has 2 amide bonds. The lowest BCUT2D eigenvalue weighted by atomic mass is 10.1. The largest absolute Gasteiger partial charge is 0.352 e. The number of hydrogen-bond donors (Lipinski definition) is 1. The molecule has 2 aromatic rings. The maximum absolute atomic E-state index is 12.5. The lowest BCUT2D eigenvalue weighted by Gasteiger charge is -2.16. The number of rotatable bonds is 9. The summed E-state index contributed by atoms with van der Waals surface area (Å²) < 4.78 is 2.32. The van der Waals surface area contributed by atoms with Crippen LogP contribution in [0.25, 0.3) is 0 Å². The Morgan fingerprint density at radius 3 is 2.61 bits per heavy atom. The van der Waals surface area contributed by atoms with E-state index in [1.807, 2.05) is 35.4 Å². The third kappa shape index (κ3) is 5.29. The van der Waals surface area contributed by atoms with Gasteiger partial charge in [-0.3, -0.25) is 9.59 Å². The molecule has 1 aliphatic carbocycles. The van der Waals surface area contributed by atoms with Gasteiger partial charge in [-0.25, -0.2) is 0 Å². The summed E-state index contributed by atoms with van der Waals surface area (Å²) in [6, 6.07) is 8.08. The Kier molecular flexibility index (Phi) is 7.27. The lowest BCUT2D eigenvalue weighted by Crippen LogP contribution is -2.25. The van der Waals surface area contributed by atoms with Crippen molar-refractivity contribution in [2.75, 3.05) is 19.3 Å². The molecule has 0 spiro atoms. The monoisotopic (exact) mass is 441 g/mol. The minimum Gasteiger partial charge on any atom is -0.352 e. The highest BCUT2D eigenvalue weighted by Crippen LogP contribution is 2.33. The summed E-state index contributed by atoms with van der Waals surface area (Å²) in [7, 11) is 0. The molecular formula is C23H31N5O2S. The molecule has 1 aromatic carbocycles. The van der Waals surface area contributed by atoms with Crippen molar-refractivity contribution in [2.24, 2.45) is 0 Å². The average Bonchev–Trinajstić information content (AvgIpc) is 3.53. The van der Waals surface area contributed by atoms with Crippen LogP contribution in [0.3, 0.4) is 0 Å². The summed E-state index contributed by atoms with van der Waals surface area (Å²) in [5.74, 6) is 1.19. The van der Waals surface area contributed by atoms with Crippen molar-refractivity contribution in [1.29, 1.82) is 0 Å². The van der Waals surface area contributed by atoms with Crippen LogP contribution in [0.15, 0.2) is 29.4 Å². The van der Waals surface area contributed by atoms with Gasteiger partial charge in [0.25, 0.3) is 5.91 Å². The van der Waals surface area contributed by atoms with Crippen molar-refractivity contribution in [1.82, 2.24) is 25.0 Å². The van der Waals surface area contributed by atoms with Gasteiger partial charge in [-0.05, 0) is 49.6 Å². The maximum atomic E-state index is 12.5. The fraction of sp³-hybridized carbons (Fsp3) is 0.565. The zero-order chi connectivity index (χ0) is 21.6. The van der Waals surface area contributed by atoms with E-state index in [-0.39, 0.29) is 11.8 Å². The first kappa shape index (κ1) is 21.9. The zero-order valence-corrected chi connectivity index (χ0v) is 19.0. The Balaban J connectivity index is 1.25. The number of amides is 2. The minimum atomic E-state index is -0.0640. The van der Waals surface area contributed by atoms with Gasteiger partial charge in [0, 0.05) is 44.1 Å². The van der Waals surface area contributed by atoms with Crippen LogP contribution in [0.5, 0.6) is 0 Å². The zero-order valence-electron chi connectivity index (χ0n) is 18.2. The highest BCUT2D eigenvalue weighted by atomic mass is 32.2. The van der Waals surface area contributed by atoms with Gasteiger partial charge in [0.2, 0.25) is 5.91 Å². The van der Waals surface area contributed by atoms with Gasteiger partial charge in [0.15, 0.2) is 5.16 Å². The van der Waals surface area contributed by atoms with E-state index in [9.17, 15) is 9.59 Å². The molecule has 7 nitrogen and oxygen atoms in total. The summed E-state index contributed by atoms with van der Waals surface area (Å²) in [5, 5.41) is 12.8. The first-order chi connectivity index (χ1) is 15.2. The molecule has 8 heteroatoms. The van der Waals surface area contributed by atoms with E-state index in [0.717, 1.165) is 42.4 Å². The second kappa shape index (κ2) is 10.3. The van der Waals surface area contributed by atoms with Crippen LogP contribution < -0.4 is 5.32 Å². The second-order valence-electron chi connectivity index (χ2n) is 8.39. The van der Waals surface area contributed by atoms with Crippen LogP contribution >= 0.6 is 11.8 Å². The Hall–Kier alpha value is -2.35. The number of thioether (sulfide) groups is 1. The molecule has 1 N–H and O–H groups in total. The first-order valence-electron chi connectivity index (χ1n) is 11.3. The molecule has 2 heterocycles. The molecule has 1 saturated heterocycles. The number of nitrogens with one attached hydrogen (secondary N) is 1. The van der Waals surface area contributed by atoms with Gasteiger partial charge in [-0.15, -0.1) is 10.2 Å². The van der Waals surface area contributed by atoms with Crippen LogP contribution in [0.4, 0.5) is 0 Å². The highest BCUT2D eigenvalue weighted by Gasteiger charge is 2.23. The third-order valence-electron chi connectivity index (χ3n) is 6.23. The van der Waals surface area contributed by atoms with Gasteiger partial charge in [0.05, 0.1) is 0 Å². The number of benzene rings is 1. The Labute approximate surface area is 188 Å². The molecule has 1 aliphatic heterocycles. The lowest BCUT2D eigenvalue weighted by molar-refractivity contribution is -0.128. The number of carbonyl (C=O) groups is 2. The van der Waals surface area contributed by atoms with Crippen molar-refractivity contribution in [2.45, 2.75) is 69.1 Å². The van der Waals surface area contributed by atoms with Crippen molar-refractivity contribution in [3.8, 4) is 0 Å². The number of nitrogens with zero attached hydrogens (tertiary/aromatic N) is 4. The fourth-order valence-electron chi connectivity index (χ4n) is 4.55. The summed E-state index contributed by atoms with van der Waals surface area (Å²) in [4.78, 5) is 26.1. The standard InChI is InChI=1S/C23H31N5O2S/c1-31-23-26-25-20(28(23)19-6-2-3-7-19)8-4-14-24-22(30)18-12-10-17(11-13-18)16-27-15-5-9-21(27)29/h10-13,19H,2-9,14-16H2,1H3,(H,24,30). The van der Waals surface area contributed by atoms with Crippen molar-refractivity contribution >= 4 is 23.6 Å². The van der Waals surface area contributed by atoms with Crippen LogP contribution in [-0.4, -0.2) is 50.8 Å². The molecule has 2 aliphatic rings. The van der Waals surface area contributed by atoms with E-state index in [1.165, 1.54) is 25.7 Å². The van der Waals surface area contributed by atoms with Crippen molar-refractivity contribution in [3.63, 3.8) is 0 Å². The number of aromatic nitrogens is 3. The molecule has 0 unspecified atom stereocenters. The number of aryl methyl sites for hydroxylation is 1. The SMILES string of the molecule is CSc1nnc(CCCNC(=O)c2ccc(CN3CCCC3=O)cc2)n1C1CCCC1. The summed E-state index contributed by atoms with van der Waals surface area (Å²) in [6.07, 6.45) is 10.2. The normalized spacial score (nSPS) is 16.9. The van der Waals surface area contributed by atoms with Crippen molar-refractivity contribution < 1.29 is 9.59 Å². The molecular weight excluding hydrogens is 410 g/mol. The van der Waals surface area contributed by atoms with Crippen molar-refractivity contribution in [3.05, 3.63) is 41.2 Å². The number of hydrogen-bond acceptors (Lipinski definition) is 5. The van der Waals surface area contributed by atoms with Gasteiger partial charge < -0.3 is 14.8 Å². The third-order valence-corrected chi connectivity index (χ3v) is 6.87. The van der Waals surface area contributed by atoms with E-state index < -0.39 is 0 Å². The van der Waals surface area contributed by atoms with Gasteiger partial charge in [0.1, 0.15) is 5.82 Å². The Morgan fingerprint density at radius 2 is 1.94 bits per heavy atom. The molecule has 1 aromatic heterocycles. The van der Waals surface area contributed by atoms with Gasteiger partial charge in [-0.1, -0.05) is 36.7 Å². The average molecular weight is 442 g/mol. The van der Waals surface area contributed by atoms with Crippen LogP contribution in [0.1, 0.15) is 72.7 Å². The second-order valence-corrected chi connectivity index (χ2v) is 9.16. The quantitative estimate of drug-likeness (QED) is 0.475. The van der Waals surface area contributed by atoms with E-state index in [2.05, 4.69) is 20.1 Å². The molecule has 0 radical (unpaired) electrons. The summed E-state index contributed by atoms with van der Waals surface area (Å²) in [5.41, 5.74) is 1.71. The van der Waals surface area contributed by atoms with Gasteiger partial charge >= 0.3 is 0 Å². The number of carbonyl (C=O) groups excluding carboxylic acids is 2. The molecule has 0 atom stereocenters. The highest BCUT2D eigenvalue weighted by molar-refractivity contribution is 7.98. The molecule has 1 saturated carbocycles. The summed E-state index contributed by atoms with van der Waals surface area (Å²) >= 11 is 1.65. The molecule has 2 fully saturated rings. The Morgan fingerprint density at radius 1 is 1.16 bits per heavy atom. The molecule has 0 bridgehead atoms. The first-order valence-corrected chi connectivity index (χ1v) is 12.5. The smallest absolute Gasteiger partial charge is 0.251 e. The molecule has 31 heavy (non-hydrogen) atoms. The molecule has 4 rings (SSSR count). The van der Waals surface area contributed by atoms with E-state index in [1.54, 1.807) is 11.8 Å².